The first-order valence-electron chi connectivity index (χ1n) is 7.44. The molecule has 2 rings (SSSR count). The van der Waals surface area contributed by atoms with Crippen LogP contribution >= 0.6 is 0 Å². The highest BCUT2D eigenvalue weighted by molar-refractivity contribution is 5.53. The lowest BCUT2D eigenvalue weighted by Crippen LogP contribution is -2.36. The Kier molecular flexibility index (Phi) is 4.81. The summed E-state index contributed by atoms with van der Waals surface area (Å²) in [5, 5.41) is 13.6. The minimum atomic E-state index is -4.34. The minimum absolute atomic E-state index is 0.301. The number of alkyl halides is 3. The lowest BCUT2D eigenvalue weighted by Gasteiger charge is -2.28. The summed E-state index contributed by atoms with van der Waals surface area (Å²) >= 11 is 0. The Morgan fingerprint density at radius 3 is 2.33 bits per heavy atom. The zero-order chi connectivity index (χ0) is 15.5. The molecule has 0 amide bonds. The lowest BCUT2D eigenvalue weighted by atomic mass is 9.94. The topological polar surface area (TPSA) is 32.3 Å². The molecule has 1 aliphatic carbocycles. The maximum Gasteiger partial charge on any atom is 0.416 e. The van der Waals surface area contributed by atoms with Crippen molar-refractivity contribution in [3.8, 4) is 0 Å². The first kappa shape index (κ1) is 16.1. The van der Waals surface area contributed by atoms with Gasteiger partial charge in [-0.15, -0.1) is 0 Å². The highest BCUT2D eigenvalue weighted by atomic mass is 19.4. The molecular weight excluding hydrogens is 279 g/mol. The third kappa shape index (κ3) is 4.37. The summed E-state index contributed by atoms with van der Waals surface area (Å²) in [6.45, 7) is 2.06. The molecule has 0 atom stereocenters. The Labute approximate surface area is 123 Å². The zero-order valence-corrected chi connectivity index (χ0v) is 12.3. The van der Waals surface area contributed by atoms with Crippen molar-refractivity contribution in [3.05, 3.63) is 29.3 Å². The second-order valence-corrected chi connectivity index (χ2v) is 6.02. The van der Waals surface area contributed by atoms with E-state index in [4.69, 9.17) is 0 Å². The van der Waals surface area contributed by atoms with E-state index in [9.17, 15) is 18.3 Å². The summed E-state index contributed by atoms with van der Waals surface area (Å²) < 4.78 is 38.2. The molecule has 118 valence electrons. The summed E-state index contributed by atoms with van der Waals surface area (Å²) in [5.74, 6) is 0. The van der Waals surface area contributed by atoms with Gasteiger partial charge in [0.2, 0.25) is 0 Å². The van der Waals surface area contributed by atoms with Crippen LogP contribution in [0.3, 0.4) is 0 Å². The first-order chi connectivity index (χ1) is 9.80. The van der Waals surface area contributed by atoms with Gasteiger partial charge in [-0.05, 0) is 37.5 Å². The smallest absolute Gasteiger partial charge is 0.388 e. The second-order valence-electron chi connectivity index (χ2n) is 6.02. The zero-order valence-electron chi connectivity index (χ0n) is 12.3. The molecule has 1 saturated carbocycles. The number of aryl methyl sites for hydroxylation is 1. The summed E-state index contributed by atoms with van der Waals surface area (Å²) in [7, 11) is 0. The number of anilines is 1. The second kappa shape index (κ2) is 6.26. The molecule has 1 fully saturated rings. The number of aliphatic hydroxyl groups is 1. The van der Waals surface area contributed by atoms with E-state index in [2.05, 4.69) is 5.32 Å². The predicted octanol–water partition coefficient (Wildman–Crippen LogP) is 4.51. The van der Waals surface area contributed by atoms with E-state index in [0.717, 1.165) is 43.4 Å². The third-order valence-electron chi connectivity index (χ3n) is 4.21. The molecule has 1 aromatic rings. The van der Waals surface area contributed by atoms with Crippen LogP contribution in [0.15, 0.2) is 18.2 Å². The maximum atomic E-state index is 12.7. The molecular formula is C16H22F3NO. The van der Waals surface area contributed by atoms with Gasteiger partial charge in [0.25, 0.3) is 0 Å². The molecule has 0 unspecified atom stereocenters. The minimum Gasteiger partial charge on any atom is -0.388 e. The largest absolute Gasteiger partial charge is 0.416 e. The van der Waals surface area contributed by atoms with Gasteiger partial charge in [0.15, 0.2) is 0 Å². The van der Waals surface area contributed by atoms with Crippen LogP contribution in [0.2, 0.25) is 0 Å². The number of hydrogen-bond acceptors (Lipinski definition) is 2. The van der Waals surface area contributed by atoms with Crippen molar-refractivity contribution >= 4 is 5.69 Å². The van der Waals surface area contributed by atoms with Gasteiger partial charge in [0.05, 0.1) is 11.2 Å². The van der Waals surface area contributed by atoms with Crippen molar-refractivity contribution in [2.24, 2.45) is 0 Å². The molecule has 2 N–H and O–H groups in total. The van der Waals surface area contributed by atoms with Gasteiger partial charge in [-0.25, -0.2) is 0 Å². The molecule has 1 aliphatic rings. The van der Waals surface area contributed by atoms with E-state index < -0.39 is 17.3 Å². The summed E-state index contributed by atoms with van der Waals surface area (Å²) in [5.41, 5.74) is -0.275. The summed E-state index contributed by atoms with van der Waals surface area (Å²) in [6, 6.07) is 3.67. The number of nitrogens with one attached hydrogen (secondary N) is 1. The normalized spacial score (nSPS) is 19.1. The molecule has 1 aromatic carbocycles. The summed E-state index contributed by atoms with van der Waals surface area (Å²) in [4.78, 5) is 0. The van der Waals surface area contributed by atoms with E-state index in [1.165, 1.54) is 6.07 Å². The molecule has 0 aromatic heterocycles. The van der Waals surface area contributed by atoms with E-state index in [-0.39, 0.29) is 0 Å². The van der Waals surface area contributed by atoms with Gasteiger partial charge in [-0.1, -0.05) is 31.7 Å². The van der Waals surface area contributed by atoms with Crippen LogP contribution in [0.5, 0.6) is 0 Å². The van der Waals surface area contributed by atoms with Crippen LogP contribution in [-0.4, -0.2) is 17.3 Å². The van der Waals surface area contributed by atoms with Crippen LogP contribution in [0.1, 0.15) is 49.7 Å². The Bertz CT molecular complexity index is 477. The number of benzene rings is 1. The van der Waals surface area contributed by atoms with Gasteiger partial charge in [0.1, 0.15) is 0 Å². The molecule has 0 bridgehead atoms. The van der Waals surface area contributed by atoms with Crippen molar-refractivity contribution in [2.45, 2.75) is 57.2 Å². The first-order valence-corrected chi connectivity index (χ1v) is 7.44. The standard InChI is InChI=1S/C16H22F3NO/c1-12-6-7-13(16(17,18)19)10-14(12)20-11-15(21)8-4-2-3-5-9-15/h6-7,10,20-21H,2-5,8-9,11H2,1H3. The summed E-state index contributed by atoms with van der Waals surface area (Å²) in [6.07, 6.45) is 1.24. The third-order valence-corrected chi connectivity index (χ3v) is 4.21. The number of rotatable bonds is 3. The van der Waals surface area contributed by atoms with Crippen molar-refractivity contribution < 1.29 is 18.3 Å². The average Bonchev–Trinajstić information content (AvgIpc) is 2.62. The number of halogens is 3. The highest BCUT2D eigenvalue weighted by Gasteiger charge is 2.31. The van der Waals surface area contributed by atoms with Crippen LogP contribution in [0.4, 0.5) is 18.9 Å². The van der Waals surface area contributed by atoms with Crippen molar-refractivity contribution in [3.63, 3.8) is 0 Å². The molecule has 5 heteroatoms. The number of hydrogen-bond donors (Lipinski definition) is 2. The van der Waals surface area contributed by atoms with E-state index >= 15 is 0 Å². The molecule has 0 radical (unpaired) electrons. The Morgan fingerprint density at radius 1 is 1.14 bits per heavy atom. The van der Waals surface area contributed by atoms with E-state index in [0.29, 0.717) is 25.1 Å². The van der Waals surface area contributed by atoms with Gasteiger partial charge in [0, 0.05) is 12.2 Å². The van der Waals surface area contributed by atoms with Gasteiger partial charge in [-0.3, -0.25) is 0 Å². The quantitative estimate of drug-likeness (QED) is 0.805. The Balaban J connectivity index is 2.08. The van der Waals surface area contributed by atoms with Crippen LogP contribution in [-0.2, 0) is 6.18 Å². The molecule has 21 heavy (non-hydrogen) atoms. The highest BCUT2D eigenvalue weighted by Crippen LogP contribution is 2.33. The molecule has 2 nitrogen and oxygen atoms in total. The SMILES string of the molecule is Cc1ccc(C(F)(F)F)cc1NCC1(O)CCCCCC1. The van der Waals surface area contributed by atoms with Crippen molar-refractivity contribution in [1.29, 1.82) is 0 Å². The van der Waals surface area contributed by atoms with Gasteiger partial charge in [-0.2, -0.15) is 13.2 Å². The van der Waals surface area contributed by atoms with Crippen molar-refractivity contribution in [1.82, 2.24) is 0 Å². The van der Waals surface area contributed by atoms with Gasteiger partial charge >= 0.3 is 6.18 Å². The van der Waals surface area contributed by atoms with Crippen LogP contribution in [0, 0.1) is 6.92 Å². The molecule has 0 saturated heterocycles. The average molecular weight is 301 g/mol. The van der Waals surface area contributed by atoms with Crippen LogP contribution < -0.4 is 5.32 Å². The fourth-order valence-corrected chi connectivity index (χ4v) is 2.81. The predicted molar refractivity (Wildman–Crippen MR) is 77.3 cm³/mol. The van der Waals surface area contributed by atoms with Crippen molar-refractivity contribution in [2.75, 3.05) is 11.9 Å². The fourth-order valence-electron chi connectivity index (χ4n) is 2.81. The maximum absolute atomic E-state index is 12.7. The Morgan fingerprint density at radius 2 is 1.76 bits per heavy atom. The van der Waals surface area contributed by atoms with E-state index in [1.807, 2.05) is 0 Å². The van der Waals surface area contributed by atoms with E-state index in [1.54, 1.807) is 6.92 Å². The molecule has 0 spiro atoms. The van der Waals surface area contributed by atoms with Crippen LogP contribution in [0.25, 0.3) is 0 Å². The Hall–Kier alpha value is -1.23. The molecule has 0 aliphatic heterocycles. The van der Waals surface area contributed by atoms with Gasteiger partial charge < -0.3 is 10.4 Å². The molecule has 0 heterocycles. The lowest BCUT2D eigenvalue weighted by molar-refractivity contribution is -0.137. The monoisotopic (exact) mass is 301 g/mol. The fraction of sp³-hybridized carbons (Fsp3) is 0.625.